The van der Waals surface area contributed by atoms with Gasteiger partial charge in [-0.3, -0.25) is 4.40 Å². The van der Waals surface area contributed by atoms with Crippen LogP contribution >= 0.6 is 11.8 Å². The lowest BCUT2D eigenvalue weighted by atomic mass is 10.2. The number of fused-ring (bicyclic) bond motifs is 3. The number of halogens is 3. The lowest BCUT2D eigenvalue weighted by Crippen LogP contribution is -2.12. The number of rotatable bonds is 3. The molecule has 0 aliphatic carbocycles. The Bertz CT molecular complexity index is 956. The molecule has 0 fully saturated rings. The molecule has 0 aliphatic heterocycles. The van der Waals surface area contributed by atoms with Gasteiger partial charge in [-0.2, -0.15) is 18.4 Å². The molecule has 2 aromatic heterocycles. The fourth-order valence-electron chi connectivity index (χ4n) is 2.20. The Labute approximate surface area is 139 Å². The minimum Gasteiger partial charge on any atom is -0.267 e. The number of hydrogen-bond acceptors (Lipinski definition) is 5. The number of hydrogen-bond donors (Lipinski definition) is 0. The van der Waals surface area contributed by atoms with E-state index in [0.29, 0.717) is 22.2 Å². The maximum atomic E-state index is 13.3. The van der Waals surface area contributed by atoms with Crippen LogP contribution in [0.1, 0.15) is 25.2 Å². The van der Waals surface area contributed by atoms with Gasteiger partial charge in [-0.1, -0.05) is 13.8 Å². The first-order valence-corrected chi connectivity index (χ1v) is 8.09. The Morgan fingerprint density at radius 2 is 2.04 bits per heavy atom. The second-order valence-electron chi connectivity index (χ2n) is 5.62. The average Bonchev–Trinajstić information content (AvgIpc) is 2.97. The van der Waals surface area contributed by atoms with Crippen molar-refractivity contribution >= 4 is 28.4 Å². The molecule has 0 unspecified atom stereocenters. The fourth-order valence-corrected chi connectivity index (χ4v) is 3.12. The summed E-state index contributed by atoms with van der Waals surface area (Å²) in [5, 5.41) is 16.4. The van der Waals surface area contributed by atoms with Crippen LogP contribution in [0.15, 0.2) is 23.2 Å². The molecule has 2 heterocycles. The van der Waals surface area contributed by atoms with Gasteiger partial charge in [-0.15, -0.1) is 22.0 Å². The van der Waals surface area contributed by atoms with Crippen LogP contribution in [0, 0.1) is 17.2 Å². The van der Waals surface area contributed by atoms with Crippen molar-refractivity contribution in [3.05, 3.63) is 29.6 Å². The fraction of sp³-hybridized carbons (Fsp3) is 0.333. The molecule has 1 aromatic carbocycles. The molecule has 0 amide bonds. The summed E-state index contributed by atoms with van der Waals surface area (Å²) in [4.78, 5) is 4.41. The maximum absolute atomic E-state index is 13.3. The van der Waals surface area contributed by atoms with E-state index in [1.807, 2.05) is 19.9 Å². The largest absolute Gasteiger partial charge is 0.452 e. The van der Waals surface area contributed by atoms with Crippen LogP contribution in [0.2, 0.25) is 0 Å². The van der Waals surface area contributed by atoms with E-state index >= 15 is 0 Å². The zero-order valence-corrected chi connectivity index (χ0v) is 13.6. The van der Waals surface area contributed by atoms with Gasteiger partial charge >= 0.3 is 6.18 Å². The lowest BCUT2D eigenvalue weighted by molar-refractivity contribution is -0.145. The first-order valence-electron chi connectivity index (χ1n) is 7.10. The standard InChI is InChI=1S/C15H12F3N5S/c1-8(2)7-24-13-12-21-22-14(15(16,17)18)23(12)11-5-9(6-19)3-4-10(11)20-13/h3-5,8H,7H2,1-2H3. The summed E-state index contributed by atoms with van der Waals surface area (Å²) in [7, 11) is 0. The van der Waals surface area contributed by atoms with Crippen LogP contribution in [-0.2, 0) is 6.18 Å². The Morgan fingerprint density at radius 3 is 2.67 bits per heavy atom. The summed E-state index contributed by atoms with van der Waals surface area (Å²) in [6, 6.07) is 6.34. The SMILES string of the molecule is CC(C)CSc1nc2ccc(C#N)cc2n2c(C(F)(F)F)nnc12. The molecular weight excluding hydrogens is 339 g/mol. The number of alkyl halides is 3. The van der Waals surface area contributed by atoms with Crippen molar-refractivity contribution in [2.45, 2.75) is 25.0 Å². The highest BCUT2D eigenvalue weighted by atomic mass is 32.2. The van der Waals surface area contributed by atoms with Crippen LogP contribution in [0.3, 0.4) is 0 Å². The molecule has 24 heavy (non-hydrogen) atoms. The summed E-state index contributed by atoms with van der Waals surface area (Å²) in [6.45, 7) is 4.02. The Morgan fingerprint density at radius 1 is 1.29 bits per heavy atom. The highest BCUT2D eigenvalue weighted by Crippen LogP contribution is 2.33. The molecule has 0 spiro atoms. The van der Waals surface area contributed by atoms with Crippen molar-refractivity contribution in [2.24, 2.45) is 5.92 Å². The molecule has 5 nitrogen and oxygen atoms in total. The highest BCUT2D eigenvalue weighted by Gasteiger charge is 2.38. The van der Waals surface area contributed by atoms with Crippen molar-refractivity contribution in [2.75, 3.05) is 5.75 Å². The molecule has 3 rings (SSSR count). The summed E-state index contributed by atoms with van der Waals surface area (Å²) in [6.07, 6.45) is -4.66. The van der Waals surface area contributed by atoms with E-state index in [1.165, 1.54) is 30.0 Å². The molecule has 9 heteroatoms. The molecule has 124 valence electrons. The molecular formula is C15H12F3N5S. The van der Waals surface area contributed by atoms with Gasteiger partial charge in [0.05, 0.1) is 22.7 Å². The second kappa shape index (κ2) is 5.94. The normalized spacial score (nSPS) is 12.2. The third-order valence-electron chi connectivity index (χ3n) is 3.23. The predicted molar refractivity (Wildman–Crippen MR) is 83.6 cm³/mol. The topological polar surface area (TPSA) is 66.9 Å². The van der Waals surface area contributed by atoms with Crippen LogP contribution in [-0.4, -0.2) is 25.3 Å². The van der Waals surface area contributed by atoms with Crippen molar-refractivity contribution < 1.29 is 13.2 Å². The van der Waals surface area contributed by atoms with Crippen LogP contribution in [0.5, 0.6) is 0 Å². The molecule has 0 bridgehead atoms. The molecule has 0 saturated carbocycles. The monoisotopic (exact) mass is 351 g/mol. The van der Waals surface area contributed by atoms with Gasteiger partial charge < -0.3 is 0 Å². The number of nitriles is 1. The number of thioether (sulfide) groups is 1. The molecule has 0 N–H and O–H groups in total. The van der Waals surface area contributed by atoms with Crippen molar-refractivity contribution in [3.8, 4) is 6.07 Å². The smallest absolute Gasteiger partial charge is 0.267 e. The van der Waals surface area contributed by atoms with E-state index in [4.69, 9.17) is 5.26 Å². The van der Waals surface area contributed by atoms with E-state index in [-0.39, 0.29) is 16.7 Å². The lowest BCUT2D eigenvalue weighted by Gasteiger charge is -2.10. The Kier molecular flexibility index (Phi) is 4.09. The van der Waals surface area contributed by atoms with E-state index in [1.54, 1.807) is 0 Å². The van der Waals surface area contributed by atoms with Crippen LogP contribution in [0.4, 0.5) is 13.2 Å². The minimum absolute atomic E-state index is 0.0514. The van der Waals surface area contributed by atoms with Gasteiger partial charge in [-0.25, -0.2) is 4.98 Å². The van der Waals surface area contributed by atoms with Gasteiger partial charge in [0.2, 0.25) is 5.82 Å². The first kappa shape index (κ1) is 16.5. The van der Waals surface area contributed by atoms with Gasteiger partial charge in [0.25, 0.3) is 0 Å². The van der Waals surface area contributed by atoms with Gasteiger partial charge in [-0.05, 0) is 24.1 Å². The summed E-state index contributed by atoms with van der Waals surface area (Å²) in [5.74, 6) is -0.0801. The minimum atomic E-state index is -4.66. The van der Waals surface area contributed by atoms with Crippen LogP contribution in [0.25, 0.3) is 16.7 Å². The predicted octanol–water partition coefficient (Wildman–Crippen LogP) is 3.92. The van der Waals surface area contributed by atoms with Crippen molar-refractivity contribution in [1.82, 2.24) is 19.6 Å². The van der Waals surface area contributed by atoms with E-state index in [0.717, 1.165) is 4.40 Å². The molecule has 3 aromatic rings. The summed E-state index contributed by atoms with van der Waals surface area (Å²) >= 11 is 1.34. The van der Waals surface area contributed by atoms with Gasteiger partial charge in [0, 0.05) is 5.75 Å². The second-order valence-corrected chi connectivity index (χ2v) is 6.63. The third kappa shape index (κ3) is 2.89. The summed E-state index contributed by atoms with van der Waals surface area (Å²) in [5.41, 5.74) is 0.818. The quantitative estimate of drug-likeness (QED) is 0.669. The molecule has 0 radical (unpaired) electrons. The number of aromatic nitrogens is 4. The van der Waals surface area contributed by atoms with Crippen molar-refractivity contribution in [3.63, 3.8) is 0 Å². The molecule has 0 atom stereocenters. The van der Waals surface area contributed by atoms with E-state index in [9.17, 15) is 13.2 Å². The Hall–Kier alpha value is -2.34. The van der Waals surface area contributed by atoms with Gasteiger partial charge in [0.15, 0.2) is 5.65 Å². The highest BCUT2D eigenvalue weighted by molar-refractivity contribution is 7.99. The number of benzene rings is 1. The third-order valence-corrected chi connectivity index (χ3v) is 4.61. The zero-order valence-electron chi connectivity index (χ0n) is 12.8. The first-order chi connectivity index (χ1) is 11.3. The maximum Gasteiger partial charge on any atom is 0.452 e. The molecule has 0 aliphatic rings. The zero-order chi connectivity index (χ0) is 17.5. The average molecular weight is 351 g/mol. The van der Waals surface area contributed by atoms with Crippen LogP contribution < -0.4 is 0 Å². The summed E-state index contributed by atoms with van der Waals surface area (Å²) < 4.78 is 40.8. The van der Waals surface area contributed by atoms with E-state index in [2.05, 4.69) is 15.2 Å². The molecule has 0 saturated heterocycles. The van der Waals surface area contributed by atoms with Crippen molar-refractivity contribution in [1.29, 1.82) is 5.26 Å². The Balaban J connectivity index is 2.35. The van der Waals surface area contributed by atoms with E-state index < -0.39 is 12.0 Å². The number of nitrogens with zero attached hydrogens (tertiary/aromatic N) is 5. The van der Waals surface area contributed by atoms with Gasteiger partial charge in [0.1, 0.15) is 5.03 Å².